The second kappa shape index (κ2) is 4.60. The van der Waals surface area contributed by atoms with Crippen LogP contribution in [0.15, 0.2) is 0 Å². The van der Waals surface area contributed by atoms with Gasteiger partial charge in [-0.15, -0.1) is 11.3 Å². The molecule has 0 amide bonds. The summed E-state index contributed by atoms with van der Waals surface area (Å²) in [6.45, 7) is 4.20. The molecular weight excluding hydrogens is 206 g/mol. The molecule has 0 bridgehead atoms. The lowest BCUT2D eigenvalue weighted by molar-refractivity contribution is 0.465. The molecule has 1 heterocycles. The Hall–Kier alpha value is -0.450. The summed E-state index contributed by atoms with van der Waals surface area (Å²) >= 11 is 1.80. The van der Waals surface area contributed by atoms with E-state index in [-0.39, 0.29) is 0 Å². The minimum Gasteiger partial charge on any atom is -0.271 e. The molecule has 1 aliphatic rings. The van der Waals surface area contributed by atoms with Gasteiger partial charge in [0.05, 0.1) is 10.7 Å². The quantitative estimate of drug-likeness (QED) is 0.595. The molecule has 0 aromatic carbocycles. The highest BCUT2D eigenvalue weighted by Crippen LogP contribution is 2.34. The Bertz CT molecular complexity index is 311. The zero-order valence-electron chi connectivity index (χ0n) is 9.42. The summed E-state index contributed by atoms with van der Waals surface area (Å²) in [5.41, 5.74) is 4.08. The fourth-order valence-electron chi connectivity index (χ4n) is 1.80. The maximum Gasteiger partial charge on any atom is 0.0946 e. The van der Waals surface area contributed by atoms with Crippen molar-refractivity contribution in [2.24, 2.45) is 11.8 Å². The summed E-state index contributed by atoms with van der Waals surface area (Å²) in [5.74, 6) is 6.48. The molecular formula is C11H19N3S. The summed E-state index contributed by atoms with van der Waals surface area (Å²) in [4.78, 5) is 5.87. The summed E-state index contributed by atoms with van der Waals surface area (Å²) < 4.78 is 0. The van der Waals surface area contributed by atoms with Crippen molar-refractivity contribution in [3.8, 4) is 0 Å². The third-order valence-corrected chi connectivity index (χ3v) is 4.14. The molecule has 0 aliphatic heterocycles. The first kappa shape index (κ1) is 11.0. The van der Waals surface area contributed by atoms with Crippen molar-refractivity contribution < 1.29 is 0 Å². The highest BCUT2D eigenvalue weighted by Gasteiger charge is 2.25. The highest BCUT2D eigenvalue weighted by molar-refractivity contribution is 7.11. The number of hydrogen-bond donors (Lipinski definition) is 2. The second-order valence-electron chi connectivity index (χ2n) is 4.50. The van der Waals surface area contributed by atoms with Crippen molar-refractivity contribution >= 4 is 11.3 Å². The van der Waals surface area contributed by atoms with E-state index in [0.29, 0.717) is 6.04 Å². The molecule has 1 fully saturated rings. The standard InChI is InChI=1S/C11H19N3S/c1-7-8(2)15-11(13-7)6-10(14-12)5-9-3-4-9/h9-10,14H,3-6,12H2,1-2H3. The van der Waals surface area contributed by atoms with Gasteiger partial charge in [0.2, 0.25) is 0 Å². The molecule has 2 rings (SSSR count). The van der Waals surface area contributed by atoms with E-state index >= 15 is 0 Å². The van der Waals surface area contributed by atoms with Crippen LogP contribution < -0.4 is 11.3 Å². The van der Waals surface area contributed by atoms with Gasteiger partial charge in [0.1, 0.15) is 0 Å². The predicted octanol–water partition coefficient (Wildman–Crippen LogP) is 1.93. The van der Waals surface area contributed by atoms with Crippen molar-refractivity contribution in [3.63, 3.8) is 0 Å². The van der Waals surface area contributed by atoms with E-state index < -0.39 is 0 Å². The SMILES string of the molecule is Cc1nc(CC(CC2CC2)NN)sc1C. The van der Waals surface area contributed by atoms with Crippen LogP contribution in [0, 0.1) is 19.8 Å². The van der Waals surface area contributed by atoms with Gasteiger partial charge in [0.15, 0.2) is 0 Å². The van der Waals surface area contributed by atoms with Gasteiger partial charge >= 0.3 is 0 Å². The molecule has 84 valence electrons. The van der Waals surface area contributed by atoms with E-state index in [2.05, 4.69) is 24.3 Å². The predicted molar refractivity (Wildman–Crippen MR) is 63.7 cm³/mol. The zero-order valence-corrected chi connectivity index (χ0v) is 10.2. The van der Waals surface area contributed by atoms with Crippen molar-refractivity contribution in [2.45, 2.75) is 45.6 Å². The average molecular weight is 225 g/mol. The van der Waals surface area contributed by atoms with Gasteiger partial charge < -0.3 is 0 Å². The molecule has 1 unspecified atom stereocenters. The first-order chi connectivity index (χ1) is 7.19. The molecule has 15 heavy (non-hydrogen) atoms. The first-order valence-electron chi connectivity index (χ1n) is 5.58. The first-order valence-corrected chi connectivity index (χ1v) is 6.39. The molecule has 0 saturated heterocycles. The number of thiazole rings is 1. The van der Waals surface area contributed by atoms with Crippen LogP contribution in [0.5, 0.6) is 0 Å². The molecule has 1 atom stereocenters. The van der Waals surface area contributed by atoms with Crippen LogP contribution in [-0.2, 0) is 6.42 Å². The summed E-state index contributed by atoms with van der Waals surface area (Å²) in [7, 11) is 0. The van der Waals surface area contributed by atoms with Crippen LogP contribution in [0.3, 0.4) is 0 Å². The van der Waals surface area contributed by atoms with E-state index in [1.165, 1.54) is 29.1 Å². The zero-order chi connectivity index (χ0) is 10.8. The highest BCUT2D eigenvalue weighted by atomic mass is 32.1. The second-order valence-corrected chi connectivity index (χ2v) is 5.78. The largest absolute Gasteiger partial charge is 0.271 e. The van der Waals surface area contributed by atoms with Gasteiger partial charge in [-0.25, -0.2) is 4.98 Å². The van der Waals surface area contributed by atoms with Crippen molar-refractivity contribution in [2.75, 3.05) is 0 Å². The van der Waals surface area contributed by atoms with E-state index in [1.807, 2.05) is 0 Å². The molecule has 1 aromatic heterocycles. The number of nitrogens with one attached hydrogen (secondary N) is 1. The fraction of sp³-hybridized carbons (Fsp3) is 0.727. The summed E-state index contributed by atoms with van der Waals surface area (Å²) in [5, 5.41) is 1.22. The van der Waals surface area contributed by atoms with Gasteiger partial charge in [0, 0.05) is 17.3 Å². The lowest BCUT2D eigenvalue weighted by atomic mass is 10.1. The Morgan fingerprint density at radius 2 is 2.27 bits per heavy atom. The van der Waals surface area contributed by atoms with E-state index in [1.54, 1.807) is 11.3 Å². The Morgan fingerprint density at radius 3 is 2.73 bits per heavy atom. The van der Waals surface area contributed by atoms with Crippen molar-refractivity contribution in [1.29, 1.82) is 0 Å². The van der Waals surface area contributed by atoms with Crippen LogP contribution >= 0.6 is 11.3 Å². The maximum atomic E-state index is 5.57. The molecule has 1 saturated carbocycles. The fourth-order valence-corrected chi connectivity index (χ4v) is 2.82. The van der Waals surface area contributed by atoms with Gasteiger partial charge in [-0.05, 0) is 26.2 Å². The lowest BCUT2D eigenvalue weighted by Crippen LogP contribution is -2.37. The van der Waals surface area contributed by atoms with Gasteiger partial charge in [-0.3, -0.25) is 11.3 Å². The topological polar surface area (TPSA) is 50.9 Å². The van der Waals surface area contributed by atoms with Gasteiger partial charge in [-0.1, -0.05) is 12.8 Å². The van der Waals surface area contributed by atoms with Crippen LogP contribution in [-0.4, -0.2) is 11.0 Å². The molecule has 0 spiro atoms. The maximum absolute atomic E-state index is 5.57. The molecule has 1 aliphatic carbocycles. The number of hydrogen-bond acceptors (Lipinski definition) is 4. The Morgan fingerprint density at radius 1 is 1.53 bits per heavy atom. The monoisotopic (exact) mass is 225 g/mol. The van der Waals surface area contributed by atoms with Crippen molar-refractivity contribution in [1.82, 2.24) is 10.4 Å². The number of aryl methyl sites for hydroxylation is 2. The minimum absolute atomic E-state index is 0.405. The van der Waals surface area contributed by atoms with Crippen molar-refractivity contribution in [3.05, 3.63) is 15.6 Å². The third kappa shape index (κ3) is 3.00. The van der Waals surface area contributed by atoms with Gasteiger partial charge in [0.25, 0.3) is 0 Å². The Labute approximate surface area is 95.1 Å². The van der Waals surface area contributed by atoms with Crippen LogP contribution in [0.4, 0.5) is 0 Å². The molecule has 1 aromatic rings. The minimum atomic E-state index is 0.405. The van der Waals surface area contributed by atoms with Crippen LogP contribution in [0.1, 0.15) is 34.8 Å². The Kier molecular flexibility index (Phi) is 3.38. The number of aromatic nitrogens is 1. The Balaban J connectivity index is 1.92. The molecule has 3 nitrogen and oxygen atoms in total. The van der Waals surface area contributed by atoms with Crippen LogP contribution in [0.25, 0.3) is 0 Å². The van der Waals surface area contributed by atoms with E-state index in [9.17, 15) is 0 Å². The number of nitrogens with two attached hydrogens (primary N) is 1. The smallest absolute Gasteiger partial charge is 0.0946 e. The van der Waals surface area contributed by atoms with E-state index in [4.69, 9.17) is 5.84 Å². The number of hydrazine groups is 1. The average Bonchev–Trinajstić information content (AvgIpc) is 2.94. The number of nitrogens with zero attached hydrogens (tertiary/aromatic N) is 1. The summed E-state index contributed by atoms with van der Waals surface area (Å²) in [6, 6.07) is 0.405. The molecule has 4 heteroatoms. The third-order valence-electron chi connectivity index (χ3n) is 3.04. The molecule has 0 radical (unpaired) electrons. The molecule has 3 N–H and O–H groups in total. The van der Waals surface area contributed by atoms with E-state index in [0.717, 1.165) is 18.0 Å². The van der Waals surface area contributed by atoms with Crippen LogP contribution in [0.2, 0.25) is 0 Å². The van der Waals surface area contributed by atoms with Gasteiger partial charge in [-0.2, -0.15) is 0 Å². The lowest BCUT2D eigenvalue weighted by Gasteiger charge is -2.13. The normalized spacial score (nSPS) is 18.1. The number of rotatable bonds is 5. The summed E-state index contributed by atoms with van der Waals surface area (Å²) in [6.07, 6.45) is 4.95.